The number of likely N-dealkylation sites (tertiary alicyclic amines) is 2. The van der Waals surface area contributed by atoms with Crippen molar-refractivity contribution in [3.8, 4) is 0 Å². The maximum absolute atomic E-state index is 11.8. The SMILES string of the molecule is CC(=O)N1CC2(CCN(Cc3nccn3C(C)C)CC2)C[C@H]1C(=O)O. The van der Waals surface area contributed by atoms with Gasteiger partial charge in [0.25, 0.3) is 0 Å². The van der Waals surface area contributed by atoms with Gasteiger partial charge in [0, 0.05) is 31.9 Å². The Morgan fingerprint density at radius 3 is 2.56 bits per heavy atom. The van der Waals surface area contributed by atoms with Crippen LogP contribution in [0.5, 0.6) is 0 Å². The summed E-state index contributed by atoms with van der Waals surface area (Å²) in [5.41, 5.74) is -0.0430. The van der Waals surface area contributed by atoms with E-state index < -0.39 is 12.0 Å². The Labute approximate surface area is 148 Å². The average Bonchev–Trinajstić information content (AvgIpc) is 3.15. The quantitative estimate of drug-likeness (QED) is 0.897. The zero-order valence-electron chi connectivity index (χ0n) is 15.3. The Morgan fingerprint density at radius 2 is 2.04 bits per heavy atom. The van der Waals surface area contributed by atoms with E-state index in [-0.39, 0.29) is 11.3 Å². The minimum absolute atomic E-state index is 0.0430. The molecule has 2 aliphatic rings. The first-order valence-electron chi connectivity index (χ1n) is 9.05. The van der Waals surface area contributed by atoms with Crippen LogP contribution in [0.4, 0.5) is 0 Å². The van der Waals surface area contributed by atoms with Crippen LogP contribution in [-0.4, -0.2) is 62.0 Å². The Morgan fingerprint density at radius 1 is 1.36 bits per heavy atom. The second-order valence-corrected chi connectivity index (χ2v) is 7.83. The predicted octanol–water partition coefficient (Wildman–Crippen LogP) is 1.75. The summed E-state index contributed by atoms with van der Waals surface area (Å²) in [6.07, 6.45) is 6.31. The molecule has 3 rings (SSSR count). The number of carbonyl (C=O) groups is 2. The minimum Gasteiger partial charge on any atom is -0.480 e. The summed E-state index contributed by atoms with van der Waals surface area (Å²) < 4.78 is 2.19. The molecule has 7 nitrogen and oxygen atoms in total. The van der Waals surface area contributed by atoms with Crippen LogP contribution in [0.25, 0.3) is 0 Å². The fourth-order valence-corrected chi connectivity index (χ4v) is 4.29. The standard InChI is InChI=1S/C18H28N4O3/c1-13(2)21-9-6-19-16(21)11-20-7-4-18(5-8-20)10-15(17(24)25)22(12-18)14(3)23/h6,9,13,15H,4-5,7-8,10-12H2,1-3H3,(H,24,25)/t15-/m0/s1. The van der Waals surface area contributed by atoms with E-state index in [9.17, 15) is 14.7 Å². The van der Waals surface area contributed by atoms with Crippen LogP contribution < -0.4 is 0 Å². The molecule has 3 heterocycles. The maximum Gasteiger partial charge on any atom is 0.326 e. The largest absolute Gasteiger partial charge is 0.480 e. The summed E-state index contributed by atoms with van der Waals surface area (Å²) >= 11 is 0. The molecular weight excluding hydrogens is 320 g/mol. The number of aliphatic carboxylic acids is 1. The van der Waals surface area contributed by atoms with Gasteiger partial charge in [0.15, 0.2) is 0 Å². The molecule has 1 atom stereocenters. The van der Waals surface area contributed by atoms with E-state index in [1.807, 2.05) is 12.4 Å². The van der Waals surface area contributed by atoms with E-state index in [0.717, 1.165) is 38.3 Å². The number of rotatable bonds is 4. The lowest BCUT2D eigenvalue weighted by molar-refractivity contribution is -0.147. The van der Waals surface area contributed by atoms with Gasteiger partial charge in [-0.25, -0.2) is 9.78 Å². The molecule has 138 valence electrons. The van der Waals surface area contributed by atoms with Gasteiger partial charge in [-0.1, -0.05) is 0 Å². The monoisotopic (exact) mass is 348 g/mol. The number of nitrogens with zero attached hydrogens (tertiary/aromatic N) is 4. The van der Waals surface area contributed by atoms with Gasteiger partial charge in [-0.3, -0.25) is 9.69 Å². The highest BCUT2D eigenvalue weighted by molar-refractivity contribution is 5.83. The van der Waals surface area contributed by atoms with Crippen molar-refractivity contribution in [2.45, 2.75) is 58.7 Å². The van der Waals surface area contributed by atoms with Crippen molar-refractivity contribution in [3.63, 3.8) is 0 Å². The molecule has 0 radical (unpaired) electrons. The van der Waals surface area contributed by atoms with Crippen LogP contribution in [0, 0.1) is 5.41 Å². The van der Waals surface area contributed by atoms with Crippen molar-refractivity contribution in [1.82, 2.24) is 19.4 Å². The Hall–Kier alpha value is -1.89. The molecule has 2 aliphatic heterocycles. The number of carboxylic acids is 1. The van der Waals surface area contributed by atoms with E-state index in [1.165, 1.54) is 6.92 Å². The highest BCUT2D eigenvalue weighted by Crippen LogP contribution is 2.43. The molecule has 0 saturated carbocycles. The van der Waals surface area contributed by atoms with Crippen LogP contribution >= 0.6 is 0 Å². The zero-order chi connectivity index (χ0) is 18.2. The molecule has 0 bridgehead atoms. The number of carbonyl (C=O) groups excluding carboxylic acids is 1. The van der Waals surface area contributed by atoms with E-state index >= 15 is 0 Å². The van der Waals surface area contributed by atoms with Gasteiger partial charge < -0.3 is 14.6 Å². The number of piperidine rings is 1. The Bertz CT molecular complexity index is 623. The van der Waals surface area contributed by atoms with Crippen molar-refractivity contribution in [2.75, 3.05) is 19.6 Å². The summed E-state index contributed by atoms with van der Waals surface area (Å²) in [5, 5.41) is 9.44. The second kappa shape index (κ2) is 6.78. The highest BCUT2D eigenvalue weighted by atomic mass is 16.4. The van der Waals surface area contributed by atoms with Gasteiger partial charge in [0.1, 0.15) is 11.9 Å². The molecule has 0 aromatic carbocycles. The fourth-order valence-electron chi connectivity index (χ4n) is 4.29. The second-order valence-electron chi connectivity index (χ2n) is 7.83. The van der Waals surface area contributed by atoms with E-state index in [0.29, 0.717) is 19.0 Å². The lowest BCUT2D eigenvalue weighted by atomic mass is 9.76. The minimum atomic E-state index is -0.881. The smallest absolute Gasteiger partial charge is 0.326 e. The van der Waals surface area contributed by atoms with E-state index in [2.05, 4.69) is 28.3 Å². The van der Waals surface area contributed by atoms with E-state index in [4.69, 9.17) is 0 Å². The number of carboxylic acid groups (broad SMARTS) is 1. The first-order chi connectivity index (χ1) is 11.8. The maximum atomic E-state index is 11.8. The molecule has 0 aliphatic carbocycles. The third-order valence-electron chi connectivity index (χ3n) is 5.78. The number of hydrogen-bond acceptors (Lipinski definition) is 4. The molecule has 2 fully saturated rings. The predicted molar refractivity (Wildman–Crippen MR) is 93.0 cm³/mol. The molecular formula is C18H28N4O3. The molecule has 2 saturated heterocycles. The molecule has 1 spiro atoms. The topological polar surface area (TPSA) is 78.7 Å². The fraction of sp³-hybridized carbons (Fsp3) is 0.722. The lowest BCUT2D eigenvalue weighted by Gasteiger charge is -2.39. The summed E-state index contributed by atoms with van der Waals surface area (Å²) in [6, 6.07) is -0.271. The lowest BCUT2D eigenvalue weighted by Crippen LogP contribution is -2.42. The van der Waals surface area contributed by atoms with Gasteiger partial charge in [0.2, 0.25) is 5.91 Å². The molecule has 1 aromatic rings. The molecule has 1 N–H and O–H groups in total. The van der Waals surface area contributed by atoms with Crippen LogP contribution in [0.2, 0.25) is 0 Å². The number of imidazole rings is 1. The number of aromatic nitrogens is 2. The first kappa shape index (κ1) is 17.9. The molecule has 0 unspecified atom stereocenters. The number of hydrogen-bond donors (Lipinski definition) is 1. The summed E-state index contributed by atoms with van der Waals surface area (Å²) in [4.78, 5) is 31.7. The zero-order valence-corrected chi connectivity index (χ0v) is 15.3. The van der Waals surface area contributed by atoms with Crippen molar-refractivity contribution < 1.29 is 14.7 Å². The summed E-state index contributed by atoms with van der Waals surface area (Å²) in [5.74, 6) is 0.0604. The van der Waals surface area contributed by atoms with Gasteiger partial charge >= 0.3 is 5.97 Å². The van der Waals surface area contributed by atoms with Gasteiger partial charge in [-0.15, -0.1) is 0 Å². The van der Waals surface area contributed by atoms with Crippen LogP contribution in [0.15, 0.2) is 12.4 Å². The van der Waals surface area contributed by atoms with Crippen LogP contribution in [0.3, 0.4) is 0 Å². The normalized spacial score (nSPS) is 23.5. The summed E-state index contributed by atoms with van der Waals surface area (Å²) in [7, 11) is 0. The van der Waals surface area contributed by atoms with Crippen molar-refractivity contribution >= 4 is 11.9 Å². The molecule has 1 aromatic heterocycles. The average molecular weight is 348 g/mol. The van der Waals surface area contributed by atoms with E-state index in [1.54, 1.807) is 4.90 Å². The van der Waals surface area contributed by atoms with Crippen LogP contribution in [-0.2, 0) is 16.1 Å². The summed E-state index contributed by atoms with van der Waals surface area (Å²) in [6.45, 7) is 9.00. The molecule has 1 amide bonds. The van der Waals surface area contributed by atoms with Crippen molar-refractivity contribution in [1.29, 1.82) is 0 Å². The highest BCUT2D eigenvalue weighted by Gasteiger charge is 2.49. The Balaban J connectivity index is 1.63. The van der Waals surface area contributed by atoms with Gasteiger partial charge in [-0.05, 0) is 51.6 Å². The van der Waals surface area contributed by atoms with Gasteiger partial charge in [0.05, 0.1) is 6.54 Å². The van der Waals surface area contributed by atoms with Gasteiger partial charge in [-0.2, -0.15) is 0 Å². The molecule has 25 heavy (non-hydrogen) atoms. The Kier molecular flexibility index (Phi) is 4.86. The molecule has 7 heteroatoms. The number of amides is 1. The third-order valence-corrected chi connectivity index (χ3v) is 5.78. The third kappa shape index (κ3) is 3.56. The van der Waals surface area contributed by atoms with Crippen LogP contribution in [0.1, 0.15) is 51.9 Å². The van der Waals surface area contributed by atoms with Crippen molar-refractivity contribution in [2.24, 2.45) is 5.41 Å². The first-order valence-corrected chi connectivity index (χ1v) is 9.05. The van der Waals surface area contributed by atoms with Crippen molar-refractivity contribution in [3.05, 3.63) is 18.2 Å².